The second-order valence-electron chi connectivity index (χ2n) is 9.22. The number of hydrogen-bond donors (Lipinski definition) is 1. The number of nitrogens with zero attached hydrogens (tertiary/aromatic N) is 2. The van der Waals surface area contributed by atoms with Crippen molar-refractivity contribution in [2.45, 2.75) is 12.3 Å². The van der Waals surface area contributed by atoms with Gasteiger partial charge in [0.05, 0.1) is 5.56 Å². The van der Waals surface area contributed by atoms with Gasteiger partial charge in [0.1, 0.15) is 12.4 Å². The van der Waals surface area contributed by atoms with Crippen LogP contribution in [-0.2, 0) is 4.74 Å². The van der Waals surface area contributed by atoms with Crippen molar-refractivity contribution in [2.75, 3.05) is 45.9 Å². The molecule has 0 spiro atoms. The molecule has 0 aromatic heterocycles. The summed E-state index contributed by atoms with van der Waals surface area (Å²) in [6, 6.07) is 21.9. The molecule has 0 radical (unpaired) electrons. The zero-order valence-electron chi connectivity index (χ0n) is 20.9. The molecule has 1 amide bonds. The number of benzene rings is 3. The molecule has 8 nitrogen and oxygen atoms in total. The van der Waals surface area contributed by atoms with Crippen molar-refractivity contribution in [1.29, 1.82) is 0 Å². The summed E-state index contributed by atoms with van der Waals surface area (Å²) in [5.74, 6) is 0.295. The molecule has 2 atom stereocenters. The molecule has 2 heterocycles. The van der Waals surface area contributed by atoms with E-state index in [1.165, 1.54) is 24.3 Å². The molecule has 1 N–H and O–H groups in total. The van der Waals surface area contributed by atoms with Crippen molar-refractivity contribution < 1.29 is 28.2 Å². The predicted octanol–water partition coefficient (Wildman–Crippen LogP) is 3.20. The molecule has 3 aromatic carbocycles. The molecule has 0 bridgehead atoms. The Morgan fingerprint density at radius 2 is 1.50 bits per heavy atom. The van der Waals surface area contributed by atoms with Gasteiger partial charge in [-0.3, -0.25) is 14.6 Å². The first kappa shape index (κ1) is 25.7. The Morgan fingerprint density at radius 1 is 0.842 bits per heavy atom. The molecule has 3 aromatic rings. The molecule has 1 saturated heterocycles. The number of esters is 1. The van der Waals surface area contributed by atoms with Crippen LogP contribution in [-0.4, -0.2) is 79.9 Å². The highest BCUT2D eigenvalue weighted by Crippen LogP contribution is 2.35. The van der Waals surface area contributed by atoms with E-state index in [4.69, 9.17) is 14.2 Å². The summed E-state index contributed by atoms with van der Waals surface area (Å²) in [4.78, 5) is 29.3. The Balaban J connectivity index is 1.14. The summed E-state index contributed by atoms with van der Waals surface area (Å²) in [5, 5.41) is 2.89. The number of ether oxygens (including phenoxy) is 3. The van der Waals surface area contributed by atoms with Crippen LogP contribution in [0.3, 0.4) is 0 Å². The number of rotatable bonds is 8. The maximum Gasteiger partial charge on any atom is 0.338 e. The van der Waals surface area contributed by atoms with Gasteiger partial charge in [-0.1, -0.05) is 30.3 Å². The standard InChI is InChI=1S/C29H30FN3O5/c30-23-12-10-21(11-13-23)27(34)31-14-15-32-16-18-33(19-17-32)28-26(37-24-8-4-5-9-25(24)38-28)20-36-29(35)22-6-2-1-3-7-22/h1-13,26,28H,14-20H2,(H,31,34). The van der Waals surface area contributed by atoms with Gasteiger partial charge in [-0.15, -0.1) is 0 Å². The van der Waals surface area contributed by atoms with Crippen molar-refractivity contribution in [2.24, 2.45) is 0 Å². The number of carbonyl (C=O) groups excluding carboxylic acids is 2. The van der Waals surface area contributed by atoms with Gasteiger partial charge in [-0.25, -0.2) is 9.18 Å². The highest BCUT2D eigenvalue weighted by molar-refractivity contribution is 5.94. The molecule has 2 aliphatic rings. The van der Waals surface area contributed by atoms with E-state index in [2.05, 4.69) is 15.1 Å². The van der Waals surface area contributed by atoms with Crippen LogP contribution in [0.25, 0.3) is 0 Å². The zero-order valence-corrected chi connectivity index (χ0v) is 20.9. The molecule has 5 rings (SSSR count). The zero-order chi connectivity index (χ0) is 26.3. The lowest BCUT2D eigenvalue weighted by atomic mass is 10.2. The van der Waals surface area contributed by atoms with Crippen molar-refractivity contribution in [1.82, 2.24) is 15.1 Å². The largest absolute Gasteiger partial charge is 0.478 e. The van der Waals surface area contributed by atoms with Gasteiger partial charge in [0.25, 0.3) is 5.91 Å². The van der Waals surface area contributed by atoms with Crippen LogP contribution in [0, 0.1) is 5.82 Å². The lowest BCUT2D eigenvalue weighted by Crippen LogP contribution is -2.59. The van der Waals surface area contributed by atoms with Gasteiger partial charge < -0.3 is 19.5 Å². The normalized spacial score (nSPS) is 19.5. The summed E-state index contributed by atoms with van der Waals surface area (Å²) in [7, 11) is 0. The van der Waals surface area contributed by atoms with E-state index in [9.17, 15) is 14.0 Å². The van der Waals surface area contributed by atoms with Crippen LogP contribution in [0.1, 0.15) is 20.7 Å². The van der Waals surface area contributed by atoms with Crippen LogP contribution >= 0.6 is 0 Å². The minimum atomic E-state index is -0.487. The molecule has 1 fully saturated rings. The number of halogens is 1. The first-order valence-corrected chi connectivity index (χ1v) is 12.7. The number of piperazine rings is 1. The molecule has 2 unspecified atom stereocenters. The van der Waals surface area contributed by atoms with Gasteiger partial charge in [0, 0.05) is 44.8 Å². The first-order valence-electron chi connectivity index (χ1n) is 12.7. The van der Waals surface area contributed by atoms with E-state index in [1.807, 2.05) is 30.3 Å². The van der Waals surface area contributed by atoms with Crippen molar-refractivity contribution in [3.8, 4) is 11.5 Å². The highest BCUT2D eigenvalue weighted by Gasteiger charge is 2.38. The average Bonchev–Trinajstić information content (AvgIpc) is 2.96. The Kier molecular flexibility index (Phi) is 8.15. The second kappa shape index (κ2) is 12.1. The van der Waals surface area contributed by atoms with Crippen LogP contribution in [0.4, 0.5) is 4.39 Å². The fourth-order valence-corrected chi connectivity index (χ4v) is 4.59. The smallest absolute Gasteiger partial charge is 0.338 e. The third-order valence-corrected chi connectivity index (χ3v) is 6.67. The lowest BCUT2D eigenvalue weighted by molar-refractivity contribution is -0.106. The SMILES string of the molecule is O=C(NCCN1CCN(C2Oc3ccccc3OC2COC(=O)c2ccccc2)CC1)c1ccc(F)cc1. The summed E-state index contributed by atoms with van der Waals surface area (Å²) in [6.07, 6.45) is -0.895. The van der Waals surface area contributed by atoms with Crippen LogP contribution < -0.4 is 14.8 Å². The minimum absolute atomic E-state index is 0.0579. The van der Waals surface area contributed by atoms with E-state index in [-0.39, 0.29) is 18.3 Å². The van der Waals surface area contributed by atoms with Gasteiger partial charge in [-0.05, 0) is 48.5 Å². The number of carbonyl (C=O) groups is 2. The van der Waals surface area contributed by atoms with Gasteiger partial charge >= 0.3 is 5.97 Å². The van der Waals surface area contributed by atoms with E-state index >= 15 is 0 Å². The fraction of sp³-hybridized carbons (Fsp3) is 0.310. The summed E-state index contributed by atoms with van der Waals surface area (Å²) >= 11 is 0. The van der Waals surface area contributed by atoms with Crippen LogP contribution in [0.15, 0.2) is 78.9 Å². The van der Waals surface area contributed by atoms with Gasteiger partial charge in [0.15, 0.2) is 23.8 Å². The van der Waals surface area contributed by atoms with Crippen molar-refractivity contribution in [3.05, 3.63) is 95.8 Å². The quantitative estimate of drug-likeness (QED) is 0.458. The van der Waals surface area contributed by atoms with Gasteiger partial charge in [-0.2, -0.15) is 0 Å². The molecule has 9 heteroatoms. The fourth-order valence-electron chi connectivity index (χ4n) is 4.59. The molecule has 38 heavy (non-hydrogen) atoms. The second-order valence-corrected chi connectivity index (χ2v) is 9.22. The number of para-hydroxylation sites is 2. The number of hydrogen-bond acceptors (Lipinski definition) is 7. The summed E-state index contributed by atoms with van der Waals surface area (Å²) in [5.41, 5.74) is 0.922. The highest BCUT2D eigenvalue weighted by atomic mass is 19.1. The maximum absolute atomic E-state index is 13.1. The molecule has 2 aliphatic heterocycles. The number of amides is 1. The van der Waals surface area contributed by atoms with Crippen molar-refractivity contribution in [3.63, 3.8) is 0 Å². The Morgan fingerprint density at radius 3 is 2.21 bits per heavy atom. The third kappa shape index (κ3) is 6.30. The maximum atomic E-state index is 13.1. The molecular weight excluding hydrogens is 489 g/mol. The molecule has 198 valence electrons. The molecule has 0 aliphatic carbocycles. The number of fused-ring (bicyclic) bond motifs is 1. The van der Waals surface area contributed by atoms with E-state index in [1.54, 1.807) is 24.3 Å². The van der Waals surface area contributed by atoms with Crippen molar-refractivity contribution >= 4 is 11.9 Å². The Bertz CT molecular complexity index is 1230. The first-order chi connectivity index (χ1) is 18.6. The van der Waals surface area contributed by atoms with Gasteiger partial charge in [0.2, 0.25) is 0 Å². The average molecular weight is 520 g/mol. The number of nitrogens with one attached hydrogen (secondary N) is 1. The minimum Gasteiger partial charge on any atom is -0.478 e. The van der Waals surface area contributed by atoms with Crippen LogP contribution in [0.2, 0.25) is 0 Å². The molecule has 0 saturated carbocycles. The topological polar surface area (TPSA) is 80.3 Å². The Hall–Kier alpha value is -3.95. The monoisotopic (exact) mass is 519 g/mol. The summed E-state index contributed by atoms with van der Waals surface area (Å²) < 4.78 is 31.2. The Labute approximate surface area is 220 Å². The van der Waals surface area contributed by atoms with E-state index in [0.717, 1.165) is 26.2 Å². The van der Waals surface area contributed by atoms with Crippen LogP contribution in [0.5, 0.6) is 11.5 Å². The molecular formula is C29H30FN3O5. The summed E-state index contributed by atoms with van der Waals surface area (Å²) in [6.45, 7) is 4.27. The van der Waals surface area contributed by atoms with E-state index in [0.29, 0.717) is 35.7 Å². The van der Waals surface area contributed by atoms with E-state index < -0.39 is 18.3 Å². The predicted molar refractivity (Wildman–Crippen MR) is 139 cm³/mol. The lowest BCUT2D eigenvalue weighted by Gasteiger charge is -2.43. The third-order valence-electron chi connectivity index (χ3n) is 6.67.